The SMILES string of the molecule is CSc1cc(C)[nH]c(=O)c1CNC(=O)c1cc(Cl)c2c(c1C)OC(C)(C1CCC(c3cnn(C)c3)CC1)O2. The van der Waals surface area contributed by atoms with Gasteiger partial charge in [-0.05, 0) is 69.4 Å². The van der Waals surface area contributed by atoms with Crippen molar-refractivity contribution in [1.82, 2.24) is 20.1 Å². The Labute approximate surface area is 231 Å². The maximum atomic E-state index is 13.2. The number of nitrogens with zero attached hydrogens (tertiary/aromatic N) is 2. The molecule has 1 aromatic carbocycles. The van der Waals surface area contributed by atoms with Crippen LogP contribution in [0.25, 0.3) is 0 Å². The minimum absolute atomic E-state index is 0.105. The van der Waals surface area contributed by atoms with Crippen LogP contribution in [0.1, 0.15) is 71.3 Å². The number of nitrogens with one attached hydrogen (secondary N) is 2. The molecule has 10 heteroatoms. The highest BCUT2D eigenvalue weighted by Gasteiger charge is 2.47. The Morgan fingerprint density at radius 3 is 2.61 bits per heavy atom. The second-order valence-corrected chi connectivity index (χ2v) is 11.7. The number of pyridine rings is 1. The maximum absolute atomic E-state index is 13.2. The van der Waals surface area contributed by atoms with E-state index in [-0.39, 0.29) is 23.9 Å². The lowest BCUT2D eigenvalue weighted by molar-refractivity contribution is -0.121. The lowest BCUT2D eigenvalue weighted by atomic mass is 9.76. The first-order valence-corrected chi connectivity index (χ1v) is 14.4. The van der Waals surface area contributed by atoms with Gasteiger partial charge in [-0.3, -0.25) is 14.3 Å². The van der Waals surface area contributed by atoms with Crippen molar-refractivity contribution in [1.29, 1.82) is 0 Å². The molecular formula is C28H33ClN4O4S. The van der Waals surface area contributed by atoms with Crippen molar-refractivity contribution in [3.63, 3.8) is 0 Å². The van der Waals surface area contributed by atoms with Gasteiger partial charge in [-0.15, -0.1) is 11.8 Å². The van der Waals surface area contributed by atoms with Gasteiger partial charge in [0.1, 0.15) is 0 Å². The van der Waals surface area contributed by atoms with Crippen LogP contribution in [0.5, 0.6) is 11.5 Å². The van der Waals surface area contributed by atoms with Crippen LogP contribution in [0.4, 0.5) is 0 Å². The lowest BCUT2D eigenvalue weighted by Crippen LogP contribution is -2.44. The van der Waals surface area contributed by atoms with Gasteiger partial charge in [-0.1, -0.05) is 11.6 Å². The molecule has 1 fully saturated rings. The second-order valence-electron chi connectivity index (χ2n) is 10.4. The van der Waals surface area contributed by atoms with E-state index in [0.29, 0.717) is 39.1 Å². The number of thioether (sulfide) groups is 1. The second kappa shape index (κ2) is 10.3. The van der Waals surface area contributed by atoms with E-state index in [1.807, 2.05) is 51.0 Å². The van der Waals surface area contributed by atoms with Crippen LogP contribution >= 0.6 is 23.4 Å². The number of ether oxygens (including phenoxy) is 2. The average molecular weight is 557 g/mol. The third-order valence-corrected chi connectivity index (χ3v) is 8.92. The van der Waals surface area contributed by atoms with Crippen molar-refractivity contribution in [2.45, 2.75) is 69.6 Å². The van der Waals surface area contributed by atoms with E-state index < -0.39 is 5.79 Å². The van der Waals surface area contributed by atoms with Gasteiger partial charge in [0.25, 0.3) is 17.3 Å². The van der Waals surface area contributed by atoms with Gasteiger partial charge in [-0.25, -0.2) is 0 Å². The molecule has 2 aromatic heterocycles. The molecule has 3 aromatic rings. The number of carbonyl (C=O) groups is 1. The summed E-state index contributed by atoms with van der Waals surface area (Å²) in [5, 5.41) is 7.54. The largest absolute Gasteiger partial charge is 0.448 e. The summed E-state index contributed by atoms with van der Waals surface area (Å²) in [5.41, 5.74) is 3.44. The number of amides is 1. The molecule has 0 saturated heterocycles. The molecule has 2 N–H and O–H groups in total. The summed E-state index contributed by atoms with van der Waals surface area (Å²) in [6, 6.07) is 3.52. The van der Waals surface area contributed by atoms with Crippen molar-refractivity contribution in [3.05, 3.63) is 67.9 Å². The summed E-state index contributed by atoms with van der Waals surface area (Å²) in [6.07, 6.45) is 9.93. The predicted molar refractivity (Wildman–Crippen MR) is 149 cm³/mol. The number of fused-ring (bicyclic) bond motifs is 1. The number of halogens is 1. The lowest BCUT2D eigenvalue weighted by Gasteiger charge is -2.37. The molecule has 202 valence electrons. The average Bonchev–Trinajstić information content (AvgIpc) is 3.49. The first kappa shape index (κ1) is 26.7. The van der Waals surface area contributed by atoms with Crippen molar-refractivity contribution in [3.8, 4) is 11.5 Å². The summed E-state index contributed by atoms with van der Waals surface area (Å²) < 4.78 is 14.7. The summed E-state index contributed by atoms with van der Waals surface area (Å²) in [7, 11) is 1.94. The Balaban J connectivity index is 1.30. The van der Waals surface area contributed by atoms with E-state index in [1.165, 1.54) is 17.3 Å². The first-order chi connectivity index (χ1) is 18.1. The van der Waals surface area contributed by atoms with Crippen molar-refractivity contribution < 1.29 is 14.3 Å². The number of aryl methyl sites for hydroxylation is 2. The van der Waals surface area contributed by atoms with E-state index in [1.54, 1.807) is 6.07 Å². The van der Waals surface area contributed by atoms with Gasteiger partial charge in [0.15, 0.2) is 11.5 Å². The fourth-order valence-electron chi connectivity index (χ4n) is 5.65. The van der Waals surface area contributed by atoms with Gasteiger partial charge in [0.2, 0.25) is 0 Å². The van der Waals surface area contributed by atoms with Crippen LogP contribution in [0.15, 0.2) is 34.2 Å². The zero-order chi connectivity index (χ0) is 27.2. The molecule has 5 rings (SSSR count). The number of rotatable bonds is 6. The molecule has 1 aliphatic carbocycles. The highest BCUT2D eigenvalue weighted by molar-refractivity contribution is 7.98. The molecular weight excluding hydrogens is 524 g/mol. The normalized spacial score (nSPS) is 22.5. The van der Waals surface area contributed by atoms with Crippen LogP contribution in [-0.4, -0.2) is 32.7 Å². The number of hydrogen-bond acceptors (Lipinski definition) is 6. The number of H-pyrrole nitrogens is 1. The molecule has 1 aliphatic heterocycles. The van der Waals surface area contributed by atoms with E-state index in [4.69, 9.17) is 21.1 Å². The van der Waals surface area contributed by atoms with Crippen molar-refractivity contribution in [2.75, 3.05) is 6.26 Å². The number of benzene rings is 1. The monoisotopic (exact) mass is 556 g/mol. The van der Waals surface area contributed by atoms with Crippen LogP contribution in [0.2, 0.25) is 5.02 Å². The highest BCUT2D eigenvalue weighted by atomic mass is 35.5. The number of aromatic nitrogens is 3. The molecule has 0 bridgehead atoms. The minimum Gasteiger partial charge on any atom is -0.448 e. The Kier molecular flexibility index (Phi) is 7.26. The quantitative estimate of drug-likeness (QED) is 0.389. The van der Waals surface area contributed by atoms with E-state index in [9.17, 15) is 9.59 Å². The fourth-order valence-corrected chi connectivity index (χ4v) is 6.59. The molecule has 3 heterocycles. The smallest absolute Gasteiger partial charge is 0.254 e. The molecule has 1 amide bonds. The van der Waals surface area contributed by atoms with E-state index in [2.05, 4.69) is 21.6 Å². The van der Waals surface area contributed by atoms with Gasteiger partial charge < -0.3 is 19.8 Å². The van der Waals surface area contributed by atoms with E-state index >= 15 is 0 Å². The molecule has 1 saturated carbocycles. The third kappa shape index (κ3) is 4.94. The Morgan fingerprint density at radius 1 is 1.24 bits per heavy atom. The number of carbonyl (C=O) groups excluding carboxylic acids is 1. The van der Waals surface area contributed by atoms with Crippen LogP contribution in [0, 0.1) is 19.8 Å². The van der Waals surface area contributed by atoms with Crippen LogP contribution in [-0.2, 0) is 13.6 Å². The van der Waals surface area contributed by atoms with Gasteiger partial charge in [0, 0.05) is 59.9 Å². The number of aromatic amines is 1. The Bertz CT molecular complexity index is 1440. The van der Waals surface area contributed by atoms with Crippen LogP contribution < -0.4 is 20.3 Å². The summed E-state index contributed by atoms with van der Waals surface area (Å²) in [4.78, 5) is 29.3. The molecule has 8 nitrogen and oxygen atoms in total. The molecule has 1 atom stereocenters. The predicted octanol–water partition coefficient (Wildman–Crippen LogP) is 5.49. The first-order valence-electron chi connectivity index (χ1n) is 12.8. The van der Waals surface area contributed by atoms with Gasteiger partial charge in [0.05, 0.1) is 11.2 Å². The Hall–Kier alpha value is -2.91. The fraction of sp³-hybridized carbons (Fsp3) is 0.464. The van der Waals surface area contributed by atoms with Crippen LogP contribution in [0.3, 0.4) is 0 Å². The zero-order valence-corrected chi connectivity index (χ0v) is 23.9. The third-order valence-electron chi connectivity index (χ3n) is 7.83. The summed E-state index contributed by atoms with van der Waals surface area (Å²) >= 11 is 8.09. The molecule has 1 unspecified atom stereocenters. The maximum Gasteiger partial charge on any atom is 0.254 e. The molecule has 0 spiro atoms. The highest BCUT2D eigenvalue weighted by Crippen LogP contribution is 2.52. The molecule has 38 heavy (non-hydrogen) atoms. The number of hydrogen-bond donors (Lipinski definition) is 2. The minimum atomic E-state index is -0.853. The molecule has 2 aliphatic rings. The summed E-state index contributed by atoms with van der Waals surface area (Å²) in [6.45, 7) is 5.74. The zero-order valence-electron chi connectivity index (χ0n) is 22.3. The summed E-state index contributed by atoms with van der Waals surface area (Å²) in [5.74, 6) is 0.492. The topological polar surface area (TPSA) is 98.2 Å². The molecule has 0 radical (unpaired) electrons. The van der Waals surface area contributed by atoms with E-state index in [0.717, 1.165) is 36.3 Å². The Morgan fingerprint density at radius 2 is 1.95 bits per heavy atom. The van der Waals surface area contributed by atoms with Gasteiger partial charge in [-0.2, -0.15) is 5.10 Å². The van der Waals surface area contributed by atoms with Gasteiger partial charge >= 0.3 is 0 Å². The van der Waals surface area contributed by atoms with Crippen molar-refractivity contribution >= 4 is 29.3 Å². The van der Waals surface area contributed by atoms with Crippen molar-refractivity contribution in [2.24, 2.45) is 13.0 Å². The standard InChI is InChI=1S/C28H33ClN4O4S/c1-15-10-23(38-5)21(27(35)32-15)13-30-26(34)20-11-22(29)25-24(16(20)2)36-28(3,37-25)19-8-6-17(7-9-19)18-12-31-33(4)14-18/h10-12,14,17,19H,6-9,13H2,1-5H3,(H,30,34)(H,32,35).